The lowest BCUT2D eigenvalue weighted by atomic mass is 10.1. The second-order valence-corrected chi connectivity index (χ2v) is 8.28. The largest absolute Gasteiger partial charge is 0.456 e. The minimum Gasteiger partial charge on any atom is -0.456 e. The molecule has 0 aliphatic carbocycles. The van der Waals surface area contributed by atoms with E-state index in [1.165, 1.54) is 6.07 Å². The van der Waals surface area contributed by atoms with E-state index in [-0.39, 0.29) is 12.1 Å². The van der Waals surface area contributed by atoms with Crippen molar-refractivity contribution in [1.29, 1.82) is 0 Å². The maximum Gasteiger partial charge on any atom is 0.416 e. The van der Waals surface area contributed by atoms with Crippen molar-refractivity contribution in [3.8, 4) is 0 Å². The number of carbonyl (C=O) groups excluding carboxylic acids is 3. The van der Waals surface area contributed by atoms with E-state index in [0.717, 1.165) is 35.0 Å². The number of rotatable bonds is 5. The van der Waals surface area contributed by atoms with Gasteiger partial charge in [-0.2, -0.15) is 13.2 Å². The van der Waals surface area contributed by atoms with Gasteiger partial charge in [0.15, 0.2) is 6.61 Å². The van der Waals surface area contributed by atoms with Gasteiger partial charge in [0, 0.05) is 10.6 Å². The van der Waals surface area contributed by atoms with Crippen molar-refractivity contribution in [3.63, 3.8) is 0 Å². The van der Waals surface area contributed by atoms with E-state index < -0.39 is 41.4 Å². The van der Waals surface area contributed by atoms with E-state index in [4.69, 9.17) is 4.74 Å². The first-order chi connectivity index (χ1) is 14.5. The van der Waals surface area contributed by atoms with Gasteiger partial charge in [-0.25, -0.2) is 0 Å². The number of thioether (sulfide) groups is 1. The number of hydrogen-bond acceptors (Lipinski definition) is 5. The minimum atomic E-state index is -4.53. The zero-order chi connectivity index (χ0) is 22.8. The van der Waals surface area contributed by atoms with Gasteiger partial charge in [-0.15, -0.1) is 11.8 Å². The fourth-order valence-corrected chi connectivity index (χ4v) is 3.95. The van der Waals surface area contributed by atoms with Crippen molar-refractivity contribution in [2.75, 3.05) is 17.2 Å². The molecule has 164 valence electrons. The third kappa shape index (κ3) is 5.78. The van der Waals surface area contributed by atoms with Crippen LogP contribution in [0.4, 0.5) is 24.5 Å². The second kappa shape index (κ2) is 9.01. The minimum absolute atomic E-state index is 0.0438. The Morgan fingerprint density at radius 3 is 2.61 bits per heavy atom. The van der Waals surface area contributed by atoms with Crippen molar-refractivity contribution < 1.29 is 32.3 Å². The highest BCUT2D eigenvalue weighted by molar-refractivity contribution is 8.01. The molecular formula is C21H19F3N2O4S. The van der Waals surface area contributed by atoms with Crippen LogP contribution in [0.25, 0.3) is 0 Å². The molecule has 10 heteroatoms. The van der Waals surface area contributed by atoms with Crippen LogP contribution in [-0.4, -0.2) is 29.6 Å². The molecule has 31 heavy (non-hydrogen) atoms. The van der Waals surface area contributed by atoms with Crippen molar-refractivity contribution in [3.05, 3.63) is 53.1 Å². The molecule has 3 rings (SSSR count). The third-order valence-electron chi connectivity index (χ3n) is 4.51. The Morgan fingerprint density at radius 1 is 1.16 bits per heavy atom. The number of nitrogens with one attached hydrogen (secondary N) is 2. The number of ether oxygens (including phenoxy) is 1. The van der Waals surface area contributed by atoms with E-state index in [0.29, 0.717) is 10.6 Å². The average Bonchev–Trinajstić information content (AvgIpc) is 2.68. The van der Waals surface area contributed by atoms with E-state index in [2.05, 4.69) is 10.6 Å². The number of hydrogen-bond donors (Lipinski definition) is 2. The summed E-state index contributed by atoms with van der Waals surface area (Å²) >= 11 is 0.972. The molecule has 2 amide bonds. The van der Waals surface area contributed by atoms with Crippen LogP contribution >= 0.6 is 11.8 Å². The lowest BCUT2D eigenvalue weighted by Gasteiger charge is -2.24. The van der Waals surface area contributed by atoms with Crippen molar-refractivity contribution in [2.24, 2.45) is 0 Å². The summed E-state index contributed by atoms with van der Waals surface area (Å²) in [5.74, 6) is -1.89. The first-order valence-corrected chi connectivity index (χ1v) is 10.1. The molecule has 1 aliphatic heterocycles. The van der Waals surface area contributed by atoms with Crippen molar-refractivity contribution in [1.82, 2.24) is 0 Å². The standard InChI is InChI=1S/C21H19F3N2O4S/c1-11-3-4-12(2)14(7-11)25-18(27)10-30-19(28)9-17-20(29)26-15-8-13(21(22,23)24)5-6-16(15)31-17/h3-8,17H,9-10H2,1-2H3,(H,25,27)(H,26,29)/t17-/m0/s1. The Labute approximate surface area is 180 Å². The first-order valence-electron chi connectivity index (χ1n) is 9.24. The van der Waals surface area contributed by atoms with Gasteiger partial charge in [0.25, 0.3) is 5.91 Å². The molecule has 0 unspecified atom stereocenters. The van der Waals surface area contributed by atoms with E-state index in [1.54, 1.807) is 6.07 Å². The van der Waals surface area contributed by atoms with Gasteiger partial charge >= 0.3 is 12.1 Å². The second-order valence-electron chi connectivity index (χ2n) is 7.04. The van der Waals surface area contributed by atoms with Gasteiger partial charge in [0.2, 0.25) is 5.91 Å². The van der Waals surface area contributed by atoms with E-state index in [1.807, 2.05) is 26.0 Å². The molecular weight excluding hydrogens is 433 g/mol. The molecule has 0 radical (unpaired) electrons. The molecule has 0 spiro atoms. The number of carbonyl (C=O) groups is 3. The summed E-state index contributed by atoms with van der Waals surface area (Å²) in [6.45, 7) is 3.19. The fourth-order valence-electron chi connectivity index (χ4n) is 2.87. The summed E-state index contributed by atoms with van der Waals surface area (Å²) in [4.78, 5) is 36.8. The van der Waals surface area contributed by atoms with Crippen LogP contribution in [0.1, 0.15) is 23.1 Å². The molecule has 0 saturated carbocycles. The quantitative estimate of drug-likeness (QED) is 0.661. The highest BCUT2D eigenvalue weighted by atomic mass is 32.2. The van der Waals surface area contributed by atoms with Gasteiger partial charge < -0.3 is 15.4 Å². The lowest BCUT2D eigenvalue weighted by molar-refractivity contribution is -0.147. The molecule has 6 nitrogen and oxygen atoms in total. The predicted octanol–water partition coefficient (Wildman–Crippen LogP) is 4.31. The van der Waals surface area contributed by atoms with E-state index >= 15 is 0 Å². The number of fused-ring (bicyclic) bond motifs is 1. The molecule has 0 saturated heterocycles. The Morgan fingerprint density at radius 2 is 1.90 bits per heavy atom. The number of esters is 1. The Kier molecular flexibility index (Phi) is 6.59. The SMILES string of the molecule is Cc1ccc(C)c(NC(=O)COC(=O)C[C@@H]2Sc3ccc(C(F)(F)F)cc3NC2=O)c1. The van der Waals surface area contributed by atoms with Crippen LogP contribution in [0.15, 0.2) is 41.3 Å². The summed E-state index contributed by atoms with van der Waals surface area (Å²) in [6.07, 6.45) is -4.85. The summed E-state index contributed by atoms with van der Waals surface area (Å²) in [6, 6.07) is 8.56. The number of halogens is 3. The molecule has 0 fully saturated rings. The van der Waals surface area contributed by atoms with Crippen molar-refractivity contribution >= 4 is 40.9 Å². The fraction of sp³-hybridized carbons (Fsp3) is 0.286. The van der Waals surface area contributed by atoms with E-state index in [9.17, 15) is 27.6 Å². The molecule has 2 aromatic rings. The maximum atomic E-state index is 12.8. The van der Waals surface area contributed by atoms with Crippen LogP contribution in [0.2, 0.25) is 0 Å². The zero-order valence-corrected chi connectivity index (χ0v) is 17.4. The monoisotopic (exact) mass is 452 g/mol. The van der Waals surface area contributed by atoms with Crippen LogP contribution in [-0.2, 0) is 25.3 Å². The first kappa shape index (κ1) is 22.7. The maximum absolute atomic E-state index is 12.8. The Hall–Kier alpha value is -3.01. The van der Waals surface area contributed by atoms with Crippen LogP contribution < -0.4 is 10.6 Å². The van der Waals surface area contributed by atoms with Crippen molar-refractivity contribution in [2.45, 2.75) is 36.6 Å². The topological polar surface area (TPSA) is 84.5 Å². The smallest absolute Gasteiger partial charge is 0.416 e. The molecule has 1 heterocycles. The molecule has 1 aliphatic rings. The van der Waals surface area contributed by atoms with Gasteiger partial charge in [0.1, 0.15) is 0 Å². The van der Waals surface area contributed by atoms with Crippen LogP contribution in [0.5, 0.6) is 0 Å². The summed E-state index contributed by atoms with van der Waals surface area (Å²) < 4.78 is 43.4. The number of amides is 2. The van der Waals surface area contributed by atoms with Gasteiger partial charge in [-0.05, 0) is 49.2 Å². The Bertz CT molecular complexity index is 1040. The zero-order valence-electron chi connectivity index (χ0n) is 16.6. The molecule has 2 aromatic carbocycles. The highest BCUT2D eigenvalue weighted by Gasteiger charge is 2.34. The molecule has 0 aromatic heterocycles. The van der Waals surface area contributed by atoms with Gasteiger partial charge in [-0.3, -0.25) is 14.4 Å². The molecule has 1 atom stereocenters. The third-order valence-corrected chi connectivity index (χ3v) is 5.79. The number of alkyl halides is 3. The number of aryl methyl sites for hydroxylation is 2. The summed E-state index contributed by atoms with van der Waals surface area (Å²) in [5.41, 5.74) is 1.59. The molecule has 0 bridgehead atoms. The van der Waals surface area contributed by atoms with Crippen LogP contribution in [0, 0.1) is 13.8 Å². The highest BCUT2D eigenvalue weighted by Crippen LogP contribution is 2.40. The number of benzene rings is 2. The van der Waals surface area contributed by atoms with Gasteiger partial charge in [-0.1, -0.05) is 12.1 Å². The average molecular weight is 452 g/mol. The lowest BCUT2D eigenvalue weighted by Crippen LogP contribution is -2.32. The summed E-state index contributed by atoms with van der Waals surface area (Å²) in [5, 5.41) is 4.17. The Balaban J connectivity index is 1.54. The number of anilines is 2. The molecule has 2 N–H and O–H groups in total. The van der Waals surface area contributed by atoms with Crippen LogP contribution in [0.3, 0.4) is 0 Å². The summed E-state index contributed by atoms with van der Waals surface area (Å²) in [7, 11) is 0. The van der Waals surface area contributed by atoms with Gasteiger partial charge in [0.05, 0.1) is 22.9 Å². The predicted molar refractivity (Wildman–Crippen MR) is 110 cm³/mol. The normalized spacial score (nSPS) is 15.6.